The van der Waals surface area contributed by atoms with Gasteiger partial charge in [-0.2, -0.15) is 0 Å². The van der Waals surface area contributed by atoms with Crippen LogP contribution < -0.4 is 11.2 Å². The smallest absolute Gasteiger partial charge is 0.213 e. The maximum atomic E-state index is 8.30. The summed E-state index contributed by atoms with van der Waals surface area (Å²) < 4.78 is 0. The van der Waals surface area contributed by atoms with Gasteiger partial charge < -0.3 is 5.73 Å². The average Bonchev–Trinajstić information content (AvgIpc) is 2.47. The van der Waals surface area contributed by atoms with Gasteiger partial charge in [0.25, 0.3) is 0 Å². The topological polar surface area (TPSA) is 83.5 Å². The molecule has 0 aliphatic heterocycles. The molecule has 1 aromatic heterocycles. The van der Waals surface area contributed by atoms with Crippen molar-refractivity contribution >= 4 is 17.3 Å². The summed E-state index contributed by atoms with van der Waals surface area (Å²) in [6.07, 6.45) is 1.74. The summed E-state index contributed by atoms with van der Waals surface area (Å²) in [5.74, 6) is 0.0149. The van der Waals surface area contributed by atoms with Gasteiger partial charge in [-0.25, -0.2) is 15.5 Å². The summed E-state index contributed by atoms with van der Waals surface area (Å²) >= 11 is 1.56. The highest BCUT2D eigenvalue weighted by atomic mass is 32.1. The van der Waals surface area contributed by atoms with E-state index in [1.54, 1.807) is 23.0 Å². The Morgan fingerprint density at radius 1 is 1.92 bits per heavy atom. The standard InChI is InChI=1S/C6H10N4OS/c1-4-8-2-5(12-4)3-9-6(7)10-11/h2,11H,3H2,1H3,(H3,7,9,10). The number of nitrogens with zero attached hydrogens (tertiary/aromatic N) is 2. The first-order valence-electron chi connectivity index (χ1n) is 3.33. The summed E-state index contributed by atoms with van der Waals surface area (Å²) in [7, 11) is 0. The summed E-state index contributed by atoms with van der Waals surface area (Å²) in [4.78, 5) is 8.90. The molecule has 0 radical (unpaired) electrons. The van der Waals surface area contributed by atoms with Crippen LogP contribution in [0, 0.1) is 6.92 Å². The van der Waals surface area contributed by atoms with E-state index in [-0.39, 0.29) is 5.96 Å². The monoisotopic (exact) mass is 186 g/mol. The number of nitrogens with one attached hydrogen (secondary N) is 1. The molecule has 1 aromatic rings. The van der Waals surface area contributed by atoms with Crippen molar-refractivity contribution in [3.05, 3.63) is 16.1 Å². The van der Waals surface area contributed by atoms with E-state index in [1.807, 2.05) is 6.92 Å². The van der Waals surface area contributed by atoms with Crippen LogP contribution in [0.1, 0.15) is 9.88 Å². The number of aryl methyl sites for hydroxylation is 1. The van der Waals surface area contributed by atoms with Crippen LogP contribution >= 0.6 is 11.3 Å². The molecular weight excluding hydrogens is 176 g/mol. The molecule has 0 amide bonds. The SMILES string of the molecule is Cc1ncc(CN=C(N)NO)s1. The molecule has 0 bridgehead atoms. The minimum absolute atomic E-state index is 0.0149. The fraction of sp³-hybridized carbons (Fsp3) is 0.333. The highest BCUT2D eigenvalue weighted by molar-refractivity contribution is 7.11. The third kappa shape index (κ3) is 2.48. The minimum atomic E-state index is 0.0149. The van der Waals surface area contributed by atoms with E-state index >= 15 is 0 Å². The fourth-order valence-corrected chi connectivity index (χ4v) is 1.40. The quantitative estimate of drug-likeness (QED) is 0.351. The van der Waals surface area contributed by atoms with Gasteiger partial charge in [-0.3, -0.25) is 5.21 Å². The van der Waals surface area contributed by atoms with Gasteiger partial charge in [-0.05, 0) is 6.92 Å². The average molecular weight is 186 g/mol. The van der Waals surface area contributed by atoms with Gasteiger partial charge in [-0.1, -0.05) is 0 Å². The van der Waals surface area contributed by atoms with E-state index in [4.69, 9.17) is 10.9 Å². The second-order valence-corrected chi connectivity index (χ2v) is 3.48. The molecule has 0 fully saturated rings. The first-order valence-corrected chi connectivity index (χ1v) is 4.15. The van der Waals surface area contributed by atoms with Gasteiger partial charge >= 0.3 is 0 Å². The number of thiazole rings is 1. The van der Waals surface area contributed by atoms with Crippen LogP contribution in [0.15, 0.2) is 11.2 Å². The lowest BCUT2D eigenvalue weighted by atomic mass is 10.5. The van der Waals surface area contributed by atoms with Gasteiger partial charge in [0.15, 0.2) is 0 Å². The van der Waals surface area contributed by atoms with E-state index < -0.39 is 0 Å². The Morgan fingerprint density at radius 3 is 3.17 bits per heavy atom. The van der Waals surface area contributed by atoms with Gasteiger partial charge in [0.2, 0.25) is 5.96 Å². The van der Waals surface area contributed by atoms with Gasteiger partial charge in [0, 0.05) is 11.1 Å². The zero-order valence-electron chi connectivity index (χ0n) is 6.61. The van der Waals surface area contributed by atoms with Crippen molar-refractivity contribution < 1.29 is 5.21 Å². The molecule has 5 nitrogen and oxygen atoms in total. The highest BCUT2D eigenvalue weighted by Gasteiger charge is 1.96. The minimum Gasteiger partial charge on any atom is -0.368 e. The van der Waals surface area contributed by atoms with Crippen molar-refractivity contribution in [3.63, 3.8) is 0 Å². The molecule has 1 heterocycles. The van der Waals surface area contributed by atoms with E-state index in [1.165, 1.54) is 0 Å². The second-order valence-electron chi connectivity index (χ2n) is 2.16. The predicted molar refractivity (Wildman–Crippen MR) is 47.1 cm³/mol. The third-order valence-electron chi connectivity index (χ3n) is 1.19. The van der Waals surface area contributed by atoms with E-state index in [9.17, 15) is 0 Å². The summed E-state index contributed by atoms with van der Waals surface area (Å²) in [6, 6.07) is 0. The van der Waals surface area contributed by atoms with Crippen LogP contribution in [-0.4, -0.2) is 16.2 Å². The number of hydroxylamine groups is 1. The molecule has 0 unspecified atom stereocenters. The Bertz CT molecular complexity index is 283. The zero-order chi connectivity index (χ0) is 8.97. The number of aromatic nitrogens is 1. The van der Waals surface area contributed by atoms with E-state index in [0.29, 0.717) is 6.54 Å². The number of aliphatic imine (C=N–C) groups is 1. The summed E-state index contributed by atoms with van der Waals surface area (Å²) in [5.41, 5.74) is 6.95. The maximum Gasteiger partial charge on any atom is 0.213 e. The molecule has 1 rings (SSSR count). The molecule has 0 aliphatic rings. The Balaban J connectivity index is 2.53. The van der Waals surface area contributed by atoms with Crippen molar-refractivity contribution in [2.24, 2.45) is 10.7 Å². The highest BCUT2D eigenvalue weighted by Crippen LogP contribution is 2.11. The third-order valence-corrected chi connectivity index (χ3v) is 2.09. The summed E-state index contributed by atoms with van der Waals surface area (Å²) in [5, 5.41) is 9.30. The molecule has 66 valence electrons. The maximum absolute atomic E-state index is 8.30. The zero-order valence-corrected chi connectivity index (χ0v) is 7.43. The number of hydrogen-bond acceptors (Lipinski definition) is 4. The Morgan fingerprint density at radius 2 is 2.67 bits per heavy atom. The number of guanidine groups is 1. The first kappa shape index (κ1) is 8.95. The predicted octanol–water partition coefficient (Wildman–Crippen LogP) is 0.245. The molecule has 12 heavy (non-hydrogen) atoms. The summed E-state index contributed by atoms with van der Waals surface area (Å²) in [6.45, 7) is 2.37. The van der Waals surface area contributed by atoms with Crippen molar-refractivity contribution in [1.82, 2.24) is 10.5 Å². The molecule has 0 saturated carbocycles. The lowest BCUT2D eigenvalue weighted by Gasteiger charge is -1.94. The largest absolute Gasteiger partial charge is 0.368 e. The van der Waals surface area contributed by atoms with Crippen molar-refractivity contribution in [1.29, 1.82) is 0 Å². The van der Waals surface area contributed by atoms with E-state index in [0.717, 1.165) is 9.88 Å². The Labute approximate surface area is 73.9 Å². The lowest BCUT2D eigenvalue weighted by molar-refractivity contribution is 0.232. The van der Waals surface area contributed by atoms with Gasteiger partial charge in [0.05, 0.1) is 11.6 Å². The van der Waals surface area contributed by atoms with Crippen LogP contribution in [-0.2, 0) is 6.54 Å². The van der Waals surface area contributed by atoms with Crippen LogP contribution in [0.2, 0.25) is 0 Å². The molecule has 0 atom stereocenters. The van der Waals surface area contributed by atoms with Crippen LogP contribution in [0.5, 0.6) is 0 Å². The van der Waals surface area contributed by atoms with Gasteiger partial charge in [0.1, 0.15) is 0 Å². The van der Waals surface area contributed by atoms with Crippen LogP contribution in [0.4, 0.5) is 0 Å². The molecule has 4 N–H and O–H groups in total. The van der Waals surface area contributed by atoms with Crippen molar-refractivity contribution in [3.8, 4) is 0 Å². The van der Waals surface area contributed by atoms with E-state index in [2.05, 4.69) is 9.98 Å². The first-order chi connectivity index (χ1) is 5.72. The molecule has 6 heteroatoms. The Hall–Kier alpha value is -1.14. The normalized spacial score (nSPS) is 11.7. The molecule has 0 aromatic carbocycles. The number of rotatable bonds is 2. The molecule has 0 aliphatic carbocycles. The Kier molecular flexibility index (Phi) is 3.01. The molecule has 0 spiro atoms. The number of hydrogen-bond donors (Lipinski definition) is 3. The van der Waals surface area contributed by atoms with Crippen molar-refractivity contribution in [2.75, 3.05) is 0 Å². The fourth-order valence-electron chi connectivity index (χ4n) is 0.677. The molecule has 0 saturated heterocycles. The molecular formula is C6H10N4OS. The van der Waals surface area contributed by atoms with Crippen LogP contribution in [0.25, 0.3) is 0 Å². The van der Waals surface area contributed by atoms with Crippen LogP contribution in [0.3, 0.4) is 0 Å². The lowest BCUT2D eigenvalue weighted by Crippen LogP contribution is -2.28. The number of nitrogens with two attached hydrogens (primary N) is 1. The van der Waals surface area contributed by atoms with Gasteiger partial charge in [-0.15, -0.1) is 11.3 Å². The second kappa shape index (κ2) is 4.03. The van der Waals surface area contributed by atoms with Crippen molar-refractivity contribution in [2.45, 2.75) is 13.5 Å².